The van der Waals surface area contributed by atoms with E-state index in [2.05, 4.69) is 5.32 Å². The van der Waals surface area contributed by atoms with Crippen LogP contribution in [-0.4, -0.2) is 36.9 Å². The lowest BCUT2D eigenvalue weighted by molar-refractivity contribution is -0.130. The van der Waals surface area contributed by atoms with Crippen molar-refractivity contribution in [1.29, 1.82) is 0 Å². The van der Waals surface area contributed by atoms with Crippen LogP contribution < -0.4 is 14.8 Å². The minimum Gasteiger partial charge on any atom is -0.485 e. The second kappa shape index (κ2) is 7.14. The summed E-state index contributed by atoms with van der Waals surface area (Å²) in [6.07, 6.45) is 1.00. The van der Waals surface area contributed by atoms with E-state index in [1.807, 2.05) is 25.1 Å². The second-order valence-electron chi connectivity index (χ2n) is 4.90. The zero-order valence-corrected chi connectivity index (χ0v) is 11.7. The van der Waals surface area contributed by atoms with Gasteiger partial charge >= 0.3 is 0 Å². The molecule has 2 unspecified atom stereocenters. The van der Waals surface area contributed by atoms with Gasteiger partial charge in [0.25, 0.3) is 5.91 Å². The van der Waals surface area contributed by atoms with Gasteiger partial charge in [0.2, 0.25) is 6.10 Å². The zero-order chi connectivity index (χ0) is 14.4. The van der Waals surface area contributed by atoms with Crippen molar-refractivity contribution in [2.24, 2.45) is 5.92 Å². The first-order valence-corrected chi connectivity index (χ1v) is 7.01. The molecule has 0 fully saturated rings. The van der Waals surface area contributed by atoms with Crippen LogP contribution in [0.2, 0.25) is 0 Å². The number of aliphatic hydroxyl groups excluding tert-OH is 1. The van der Waals surface area contributed by atoms with E-state index in [4.69, 9.17) is 14.6 Å². The molecule has 1 aromatic rings. The predicted octanol–water partition coefficient (Wildman–Crippen LogP) is 1.35. The van der Waals surface area contributed by atoms with Gasteiger partial charge in [0.1, 0.15) is 6.61 Å². The standard InChI is InChI=1S/C15H21NO4/c1-2-11(7-8-17)9-16-15(18)14-10-19-12-5-3-4-6-13(12)20-14/h3-6,11,14,17H,2,7-10H2,1H3,(H,16,18). The quantitative estimate of drug-likeness (QED) is 0.825. The number of nitrogens with one attached hydrogen (secondary N) is 1. The SMILES string of the molecule is CCC(CCO)CNC(=O)C1COc2ccccc2O1. The van der Waals surface area contributed by atoms with E-state index in [1.165, 1.54) is 0 Å². The molecule has 2 rings (SSSR count). The molecule has 1 aliphatic heterocycles. The highest BCUT2D eigenvalue weighted by Crippen LogP contribution is 2.30. The maximum atomic E-state index is 12.1. The fourth-order valence-electron chi connectivity index (χ4n) is 2.14. The number of carbonyl (C=O) groups is 1. The van der Waals surface area contributed by atoms with Crippen molar-refractivity contribution in [2.75, 3.05) is 19.8 Å². The fraction of sp³-hybridized carbons (Fsp3) is 0.533. The van der Waals surface area contributed by atoms with Crippen molar-refractivity contribution in [1.82, 2.24) is 5.32 Å². The summed E-state index contributed by atoms with van der Waals surface area (Å²) in [5.41, 5.74) is 0. The van der Waals surface area contributed by atoms with Crippen molar-refractivity contribution in [3.63, 3.8) is 0 Å². The van der Waals surface area contributed by atoms with Gasteiger partial charge in [-0.3, -0.25) is 4.79 Å². The van der Waals surface area contributed by atoms with Crippen LogP contribution in [0.1, 0.15) is 19.8 Å². The van der Waals surface area contributed by atoms with Crippen molar-refractivity contribution in [2.45, 2.75) is 25.9 Å². The molecule has 0 aromatic heterocycles. The molecule has 5 nitrogen and oxygen atoms in total. The first-order valence-electron chi connectivity index (χ1n) is 7.01. The average Bonchev–Trinajstić information content (AvgIpc) is 2.50. The smallest absolute Gasteiger partial charge is 0.264 e. The number of amides is 1. The van der Waals surface area contributed by atoms with Crippen molar-refractivity contribution >= 4 is 5.91 Å². The Hall–Kier alpha value is -1.75. The molecule has 2 atom stereocenters. The largest absolute Gasteiger partial charge is 0.485 e. The number of hydrogen-bond donors (Lipinski definition) is 2. The number of benzene rings is 1. The molecule has 1 amide bonds. The summed E-state index contributed by atoms with van der Waals surface area (Å²) in [6, 6.07) is 7.31. The normalized spacial score (nSPS) is 18.4. The molecule has 110 valence electrons. The van der Waals surface area contributed by atoms with Crippen LogP contribution in [0, 0.1) is 5.92 Å². The summed E-state index contributed by atoms with van der Waals surface area (Å²) in [6.45, 7) is 2.96. The van der Waals surface area contributed by atoms with Crippen molar-refractivity contribution < 1.29 is 19.4 Å². The van der Waals surface area contributed by atoms with Gasteiger partial charge in [0.15, 0.2) is 11.5 Å². The highest BCUT2D eigenvalue weighted by atomic mass is 16.6. The maximum Gasteiger partial charge on any atom is 0.264 e. The third kappa shape index (κ3) is 3.63. The minimum absolute atomic E-state index is 0.144. The molecule has 1 aromatic carbocycles. The highest BCUT2D eigenvalue weighted by Gasteiger charge is 2.27. The highest BCUT2D eigenvalue weighted by molar-refractivity contribution is 5.81. The second-order valence-corrected chi connectivity index (χ2v) is 4.90. The molecule has 0 spiro atoms. The van der Waals surface area contributed by atoms with Crippen LogP contribution in [0.25, 0.3) is 0 Å². The zero-order valence-electron chi connectivity index (χ0n) is 11.7. The van der Waals surface area contributed by atoms with E-state index >= 15 is 0 Å². The number of rotatable bonds is 6. The topological polar surface area (TPSA) is 67.8 Å². The Kier molecular flexibility index (Phi) is 5.24. The number of aliphatic hydroxyl groups is 1. The first kappa shape index (κ1) is 14.7. The molecule has 1 heterocycles. The summed E-state index contributed by atoms with van der Waals surface area (Å²) in [7, 11) is 0. The molecule has 20 heavy (non-hydrogen) atoms. The number of ether oxygens (including phenoxy) is 2. The van der Waals surface area contributed by atoms with E-state index in [-0.39, 0.29) is 19.1 Å². The summed E-state index contributed by atoms with van der Waals surface area (Å²) in [5.74, 6) is 1.39. The Morgan fingerprint density at radius 1 is 1.45 bits per heavy atom. The van der Waals surface area contributed by atoms with Crippen molar-refractivity contribution in [3.8, 4) is 11.5 Å². The van der Waals surface area contributed by atoms with E-state index in [9.17, 15) is 4.79 Å². The Morgan fingerprint density at radius 3 is 2.90 bits per heavy atom. The number of hydrogen-bond acceptors (Lipinski definition) is 4. The lowest BCUT2D eigenvalue weighted by Crippen LogP contribution is -2.45. The van der Waals surface area contributed by atoms with Gasteiger partial charge in [-0.25, -0.2) is 0 Å². The Morgan fingerprint density at radius 2 is 2.20 bits per heavy atom. The van der Waals surface area contributed by atoms with Crippen LogP contribution in [-0.2, 0) is 4.79 Å². The summed E-state index contributed by atoms with van der Waals surface area (Å²) < 4.78 is 11.1. The van der Waals surface area contributed by atoms with E-state index in [1.54, 1.807) is 6.07 Å². The van der Waals surface area contributed by atoms with Gasteiger partial charge in [-0.15, -0.1) is 0 Å². The lowest BCUT2D eigenvalue weighted by atomic mass is 10.0. The molecule has 0 bridgehead atoms. The average molecular weight is 279 g/mol. The first-order chi connectivity index (χ1) is 9.74. The van der Waals surface area contributed by atoms with Crippen LogP contribution >= 0.6 is 0 Å². The fourth-order valence-corrected chi connectivity index (χ4v) is 2.14. The Bertz CT molecular complexity index is 449. The predicted molar refractivity (Wildman–Crippen MR) is 74.8 cm³/mol. The molecule has 2 N–H and O–H groups in total. The third-order valence-corrected chi connectivity index (χ3v) is 3.48. The summed E-state index contributed by atoms with van der Waals surface area (Å²) >= 11 is 0. The monoisotopic (exact) mass is 279 g/mol. The van der Waals surface area contributed by atoms with Gasteiger partial charge in [-0.2, -0.15) is 0 Å². The molecule has 1 aliphatic rings. The number of carbonyl (C=O) groups excluding carboxylic acids is 1. The summed E-state index contributed by atoms with van der Waals surface area (Å²) in [5, 5.41) is 11.8. The van der Waals surface area contributed by atoms with Crippen LogP contribution in [0.5, 0.6) is 11.5 Å². The third-order valence-electron chi connectivity index (χ3n) is 3.48. The molecular formula is C15H21NO4. The Balaban J connectivity index is 1.85. The molecule has 5 heteroatoms. The van der Waals surface area contributed by atoms with E-state index in [0.717, 1.165) is 6.42 Å². The van der Waals surface area contributed by atoms with Crippen LogP contribution in [0.15, 0.2) is 24.3 Å². The van der Waals surface area contributed by atoms with Gasteiger partial charge in [0, 0.05) is 13.2 Å². The molecule has 0 aliphatic carbocycles. The molecular weight excluding hydrogens is 258 g/mol. The number of para-hydroxylation sites is 2. The lowest BCUT2D eigenvalue weighted by Gasteiger charge is -2.26. The van der Waals surface area contributed by atoms with Gasteiger partial charge in [-0.1, -0.05) is 25.5 Å². The van der Waals surface area contributed by atoms with Crippen molar-refractivity contribution in [3.05, 3.63) is 24.3 Å². The molecule has 0 radical (unpaired) electrons. The van der Waals surface area contributed by atoms with Gasteiger partial charge in [0.05, 0.1) is 0 Å². The van der Waals surface area contributed by atoms with E-state index < -0.39 is 6.10 Å². The molecule has 0 saturated carbocycles. The van der Waals surface area contributed by atoms with Gasteiger partial charge in [-0.05, 0) is 24.5 Å². The Labute approximate surface area is 118 Å². The molecule has 0 saturated heterocycles. The summed E-state index contributed by atoms with van der Waals surface area (Å²) in [4.78, 5) is 12.1. The maximum absolute atomic E-state index is 12.1. The minimum atomic E-state index is -0.614. The van der Waals surface area contributed by atoms with Gasteiger partial charge < -0.3 is 19.9 Å². The number of fused-ring (bicyclic) bond motifs is 1. The van der Waals surface area contributed by atoms with Crippen LogP contribution in [0.3, 0.4) is 0 Å². The van der Waals surface area contributed by atoms with E-state index in [0.29, 0.717) is 30.4 Å². The van der Waals surface area contributed by atoms with Crippen LogP contribution in [0.4, 0.5) is 0 Å².